The van der Waals surface area contributed by atoms with Crippen molar-refractivity contribution in [2.75, 3.05) is 18.4 Å². The molecule has 2 heterocycles. The van der Waals surface area contributed by atoms with Crippen LogP contribution in [0.1, 0.15) is 24.0 Å². The van der Waals surface area contributed by atoms with E-state index in [0.717, 1.165) is 21.2 Å². The Bertz CT molecular complexity index is 1170. The van der Waals surface area contributed by atoms with Crippen molar-refractivity contribution < 1.29 is 13.2 Å². The normalized spacial score (nSPS) is 18.1. The van der Waals surface area contributed by atoms with Crippen LogP contribution in [0.4, 0.5) is 5.69 Å². The number of anilines is 1. The van der Waals surface area contributed by atoms with E-state index in [1.807, 2.05) is 37.3 Å². The van der Waals surface area contributed by atoms with E-state index in [0.29, 0.717) is 30.0 Å². The van der Waals surface area contributed by atoms with Gasteiger partial charge in [0.2, 0.25) is 15.9 Å². The molecular formula is C21H23N3O3S2. The first kappa shape index (κ1) is 20.0. The molecule has 0 unspecified atom stereocenters. The van der Waals surface area contributed by atoms with Gasteiger partial charge in [-0.3, -0.25) is 4.79 Å². The van der Waals surface area contributed by atoms with Crippen molar-refractivity contribution in [3.8, 4) is 0 Å². The van der Waals surface area contributed by atoms with Crippen molar-refractivity contribution >= 4 is 43.2 Å². The van der Waals surface area contributed by atoms with Gasteiger partial charge in [-0.1, -0.05) is 12.1 Å². The molecule has 8 heteroatoms. The Balaban J connectivity index is 1.51. The Morgan fingerprint density at radius 3 is 2.86 bits per heavy atom. The maximum atomic E-state index is 13.2. The number of fused-ring (bicyclic) bond motifs is 1. The van der Waals surface area contributed by atoms with E-state index >= 15 is 0 Å². The highest BCUT2D eigenvalue weighted by molar-refractivity contribution is 7.89. The number of aromatic nitrogens is 1. The molecule has 1 atom stereocenters. The molecule has 0 saturated carbocycles. The lowest BCUT2D eigenvalue weighted by molar-refractivity contribution is -0.120. The van der Waals surface area contributed by atoms with Crippen molar-refractivity contribution in [1.82, 2.24) is 8.68 Å². The Morgan fingerprint density at radius 1 is 1.21 bits per heavy atom. The molecule has 4 rings (SSSR count). The molecule has 1 N–H and O–H groups in total. The van der Waals surface area contributed by atoms with E-state index in [-0.39, 0.29) is 18.4 Å². The first-order valence-corrected chi connectivity index (χ1v) is 11.8. The molecule has 1 amide bonds. The molecular weight excluding hydrogens is 406 g/mol. The number of benzene rings is 2. The van der Waals surface area contributed by atoms with Gasteiger partial charge < -0.3 is 5.32 Å². The van der Waals surface area contributed by atoms with E-state index in [9.17, 15) is 13.2 Å². The van der Waals surface area contributed by atoms with Crippen LogP contribution in [0.5, 0.6) is 0 Å². The van der Waals surface area contributed by atoms with Crippen molar-refractivity contribution in [1.29, 1.82) is 0 Å². The number of rotatable bonds is 4. The summed E-state index contributed by atoms with van der Waals surface area (Å²) >= 11 is 1.41. The van der Waals surface area contributed by atoms with Crippen molar-refractivity contribution in [2.45, 2.75) is 31.6 Å². The van der Waals surface area contributed by atoms with Crippen LogP contribution in [-0.2, 0) is 14.8 Å². The predicted molar refractivity (Wildman–Crippen MR) is 116 cm³/mol. The molecule has 3 aromatic rings. The number of hydrogen-bond donors (Lipinski definition) is 1. The SMILES string of the molecule is Cc1ccc(C)c(S(=O)(=O)N2CCC[C@@H](C(=O)Nc3ccc4sncc4c3)C2)c1. The lowest BCUT2D eigenvalue weighted by Crippen LogP contribution is -2.43. The predicted octanol–water partition coefficient (Wildman–Crippen LogP) is 3.95. The summed E-state index contributed by atoms with van der Waals surface area (Å²) in [4.78, 5) is 13.2. The summed E-state index contributed by atoms with van der Waals surface area (Å²) < 4.78 is 33.0. The average Bonchev–Trinajstić information content (AvgIpc) is 3.17. The number of carbonyl (C=O) groups is 1. The summed E-state index contributed by atoms with van der Waals surface area (Å²) in [7, 11) is -3.63. The maximum absolute atomic E-state index is 13.2. The molecule has 1 aliphatic rings. The van der Waals surface area contributed by atoms with Gasteiger partial charge in [0.25, 0.3) is 0 Å². The zero-order valence-corrected chi connectivity index (χ0v) is 18.0. The Hall–Kier alpha value is -2.29. The fourth-order valence-electron chi connectivity index (χ4n) is 3.69. The van der Waals surface area contributed by atoms with Gasteiger partial charge in [-0.15, -0.1) is 0 Å². The zero-order chi connectivity index (χ0) is 20.6. The lowest BCUT2D eigenvalue weighted by Gasteiger charge is -2.31. The van der Waals surface area contributed by atoms with E-state index in [4.69, 9.17) is 0 Å². The van der Waals surface area contributed by atoms with Gasteiger partial charge >= 0.3 is 0 Å². The van der Waals surface area contributed by atoms with E-state index in [2.05, 4.69) is 9.69 Å². The number of piperidine rings is 1. The molecule has 1 fully saturated rings. The van der Waals surface area contributed by atoms with Crippen LogP contribution in [0, 0.1) is 19.8 Å². The number of hydrogen-bond acceptors (Lipinski definition) is 5. The van der Waals surface area contributed by atoms with Gasteiger partial charge in [0, 0.05) is 30.4 Å². The standard InChI is InChI=1S/C21H23N3O3S2/c1-14-5-6-15(2)20(10-14)29(26,27)24-9-3-4-16(13-24)21(25)23-18-7-8-19-17(11-18)12-22-28-19/h5-8,10-12,16H,3-4,9,13H2,1-2H3,(H,23,25)/t16-/m1/s1. The first-order chi connectivity index (χ1) is 13.8. The third-order valence-corrected chi connectivity index (χ3v) is 8.12. The largest absolute Gasteiger partial charge is 0.326 e. The van der Waals surface area contributed by atoms with Crippen LogP contribution in [0.2, 0.25) is 0 Å². The molecule has 0 bridgehead atoms. The number of nitrogens with zero attached hydrogens (tertiary/aromatic N) is 2. The Morgan fingerprint density at radius 2 is 2.03 bits per heavy atom. The average molecular weight is 430 g/mol. The topological polar surface area (TPSA) is 79.4 Å². The Kier molecular flexibility index (Phi) is 5.42. The van der Waals surface area contributed by atoms with Crippen LogP contribution in [0.15, 0.2) is 47.5 Å². The molecule has 1 saturated heterocycles. The summed E-state index contributed by atoms with van der Waals surface area (Å²) in [5, 5.41) is 3.92. The molecule has 1 aliphatic heterocycles. The first-order valence-electron chi connectivity index (χ1n) is 9.57. The second-order valence-corrected chi connectivity index (χ2v) is 10.3. The highest BCUT2D eigenvalue weighted by Gasteiger charge is 2.34. The third kappa shape index (κ3) is 4.05. The van der Waals surface area contributed by atoms with Gasteiger partial charge in [0.05, 0.1) is 15.5 Å². The van der Waals surface area contributed by atoms with Gasteiger partial charge in [-0.05, 0) is 73.6 Å². The minimum atomic E-state index is -3.63. The maximum Gasteiger partial charge on any atom is 0.243 e. The smallest absolute Gasteiger partial charge is 0.243 e. The highest BCUT2D eigenvalue weighted by Crippen LogP contribution is 2.28. The Labute approximate surface area is 174 Å². The van der Waals surface area contributed by atoms with Gasteiger partial charge in [0.1, 0.15) is 0 Å². The third-order valence-electron chi connectivity index (χ3n) is 5.34. The number of nitrogens with one attached hydrogen (secondary N) is 1. The molecule has 6 nitrogen and oxygen atoms in total. The van der Waals surface area contributed by atoms with Gasteiger partial charge in [-0.2, -0.15) is 8.68 Å². The molecule has 0 radical (unpaired) electrons. The lowest BCUT2D eigenvalue weighted by atomic mass is 9.98. The molecule has 152 valence electrons. The monoisotopic (exact) mass is 429 g/mol. The molecule has 1 aromatic heterocycles. The summed E-state index contributed by atoms with van der Waals surface area (Å²) in [6, 6.07) is 11.1. The number of carbonyl (C=O) groups excluding carboxylic acids is 1. The van der Waals surface area contributed by atoms with Crippen LogP contribution >= 0.6 is 11.5 Å². The molecule has 29 heavy (non-hydrogen) atoms. The quantitative estimate of drug-likeness (QED) is 0.681. The van der Waals surface area contributed by atoms with Crippen LogP contribution in [-0.4, -0.2) is 36.1 Å². The summed E-state index contributed by atoms with van der Waals surface area (Å²) in [6.45, 7) is 4.32. The van der Waals surface area contributed by atoms with E-state index in [1.54, 1.807) is 19.2 Å². The van der Waals surface area contributed by atoms with Crippen LogP contribution < -0.4 is 5.32 Å². The summed E-state index contributed by atoms with van der Waals surface area (Å²) in [5.74, 6) is -0.520. The second-order valence-electron chi connectivity index (χ2n) is 7.54. The van der Waals surface area contributed by atoms with E-state index in [1.165, 1.54) is 15.8 Å². The molecule has 0 aliphatic carbocycles. The summed E-state index contributed by atoms with van der Waals surface area (Å²) in [5.41, 5.74) is 2.33. The van der Waals surface area contributed by atoms with Gasteiger partial charge in [0.15, 0.2) is 0 Å². The van der Waals surface area contributed by atoms with Gasteiger partial charge in [-0.25, -0.2) is 8.42 Å². The zero-order valence-electron chi connectivity index (χ0n) is 16.4. The second kappa shape index (κ2) is 7.85. The van der Waals surface area contributed by atoms with Crippen LogP contribution in [0.25, 0.3) is 10.1 Å². The molecule has 0 spiro atoms. The minimum absolute atomic E-state index is 0.145. The number of amides is 1. The summed E-state index contributed by atoms with van der Waals surface area (Å²) in [6.07, 6.45) is 3.11. The highest BCUT2D eigenvalue weighted by atomic mass is 32.2. The van der Waals surface area contributed by atoms with E-state index < -0.39 is 10.0 Å². The van der Waals surface area contributed by atoms with Crippen molar-refractivity contribution in [3.05, 3.63) is 53.7 Å². The fourth-order valence-corrected chi connectivity index (χ4v) is 6.15. The minimum Gasteiger partial charge on any atom is -0.326 e. The van der Waals surface area contributed by atoms with Crippen molar-refractivity contribution in [3.63, 3.8) is 0 Å². The molecule has 2 aromatic carbocycles. The number of sulfonamides is 1. The number of aryl methyl sites for hydroxylation is 2. The van der Waals surface area contributed by atoms with Crippen molar-refractivity contribution in [2.24, 2.45) is 5.92 Å². The van der Waals surface area contributed by atoms with Crippen LogP contribution in [0.3, 0.4) is 0 Å². The fraction of sp³-hybridized carbons (Fsp3) is 0.333.